The third-order valence-corrected chi connectivity index (χ3v) is 6.49. The van der Waals surface area contributed by atoms with Gasteiger partial charge in [0.05, 0.1) is 31.7 Å². The molecular weight excluding hydrogens is 434 g/mol. The van der Waals surface area contributed by atoms with Crippen molar-refractivity contribution in [1.82, 2.24) is 0 Å². The average molecular weight is 459 g/mol. The lowest BCUT2D eigenvalue weighted by Crippen LogP contribution is -2.29. The minimum Gasteiger partial charge on any atom is -0.507 e. The van der Waals surface area contributed by atoms with Gasteiger partial charge in [0.25, 0.3) is 11.7 Å². The van der Waals surface area contributed by atoms with E-state index in [1.165, 1.54) is 30.9 Å². The topological polar surface area (TPSA) is 89.2 Å². The van der Waals surface area contributed by atoms with E-state index in [9.17, 15) is 14.7 Å². The number of rotatable bonds is 5. The number of aryl methyl sites for hydroxylation is 2. The maximum absolute atomic E-state index is 13.3. The second-order valence-electron chi connectivity index (χ2n) is 8.45. The number of ketones is 1. The Morgan fingerprint density at radius 3 is 2.32 bits per heavy atom. The second-order valence-corrected chi connectivity index (χ2v) is 8.45. The standard InChI is InChI=1S/C27H25NO6/c1-32-20-13-19(14-21(15-20)33-2)28-24(22-8-5-11-34-22)23(26(30)27(28)31)25(29)18-10-9-16-6-3-4-7-17(16)12-18/h5,8-15,24,29H,3-4,6-7H2,1-2H3/b25-23-. The van der Waals surface area contributed by atoms with Crippen molar-refractivity contribution in [1.29, 1.82) is 0 Å². The molecule has 174 valence electrons. The van der Waals surface area contributed by atoms with Gasteiger partial charge in [-0.3, -0.25) is 14.5 Å². The van der Waals surface area contributed by atoms with E-state index >= 15 is 0 Å². The first-order valence-corrected chi connectivity index (χ1v) is 11.2. The van der Waals surface area contributed by atoms with Gasteiger partial charge in [-0.05, 0) is 55.0 Å². The Morgan fingerprint density at radius 1 is 0.971 bits per heavy atom. The van der Waals surface area contributed by atoms with Gasteiger partial charge in [0, 0.05) is 23.8 Å². The molecule has 0 bridgehead atoms. The van der Waals surface area contributed by atoms with Gasteiger partial charge >= 0.3 is 0 Å². The van der Waals surface area contributed by atoms with Gasteiger partial charge in [-0.25, -0.2) is 0 Å². The minimum absolute atomic E-state index is 0.0162. The Labute approximate surface area is 197 Å². The summed E-state index contributed by atoms with van der Waals surface area (Å²) in [5.74, 6) is -0.478. The highest BCUT2D eigenvalue weighted by atomic mass is 16.5. The maximum Gasteiger partial charge on any atom is 0.300 e. The Morgan fingerprint density at radius 2 is 1.68 bits per heavy atom. The number of anilines is 1. The Kier molecular flexibility index (Phi) is 5.61. The van der Waals surface area contributed by atoms with Crippen LogP contribution in [0.25, 0.3) is 5.76 Å². The van der Waals surface area contributed by atoms with E-state index < -0.39 is 17.7 Å². The Hall–Kier alpha value is -4.00. The number of hydrogen-bond donors (Lipinski definition) is 1. The predicted molar refractivity (Wildman–Crippen MR) is 126 cm³/mol. The monoisotopic (exact) mass is 459 g/mol. The van der Waals surface area contributed by atoms with Crippen molar-refractivity contribution in [3.63, 3.8) is 0 Å². The number of carbonyl (C=O) groups excluding carboxylic acids is 2. The fourth-order valence-corrected chi connectivity index (χ4v) is 4.78. The molecule has 1 aliphatic heterocycles. The molecule has 1 saturated heterocycles. The van der Waals surface area contributed by atoms with Gasteiger partial charge in [-0.15, -0.1) is 0 Å². The zero-order chi connectivity index (χ0) is 23.8. The third kappa shape index (κ3) is 3.63. The number of amides is 1. The van der Waals surface area contributed by atoms with Crippen molar-refractivity contribution in [3.8, 4) is 11.5 Å². The molecule has 7 nitrogen and oxygen atoms in total. The highest BCUT2D eigenvalue weighted by Gasteiger charge is 2.48. The number of furan rings is 1. The maximum atomic E-state index is 13.3. The van der Waals surface area contributed by atoms with Gasteiger partial charge in [0.2, 0.25) is 0 Å². The number of hydrogen-bond acceptors (Lipinski definition) is 6. The summed E-state index contributed by atoms with van der Waals surface area (Å²) >= 11 is 0. The molecule has 2 aromatic carbocycles. The summed E-state index contributed by atoms with van der Waals surface area (Å²) in [6.07, 6.45) is 5.64. The van der Waals surface area contributed by atoms with Gasteiger partial charge in [-0.2, -0.15) is 0 Å². The molecule has 1 aromatic heterocycles. The van der Waals surface area contributed by atoms with Gasteiger partial charge < -0.3 is 19.0 Å². The van der Waals surface area contributed by atoms with E-state index in [1.54, 1.807) is 36.4 Å². The van der Waals surface area contributed by atoms with Crippen LogP contribution in [0.5, 0.6) is 11.5 Å². The number of benzene rings is 2. The van der Waals surface area contributed by atoms with Crippen molar-refractivity contribution in [2.24, 2.45) is 0 Å². The van der Waals surface area contributed by atoms with Crippen LogP contribution >= 0.6 is 0 Å². The van der Waals surface area contributed by atoms with Gasteiger partial charge in [0.1, 0.15) is 29.1 Å². The molecule has 34 heavy (non-hydrogen) atoms. The fraction of sp³-hybridized carbons (Fsp3) is 0.259. The Bertz CT molecular complexity index is 1270. The molecule has 1 atom stereocenters. The van der Waals surface area contributed by atoms with Crippen molar-refractivity contribution < 1.29 is 28.6 Å². The van der Waals surface area contributed by atoms with E-state index in [2.05, 4.69) is 0 Å². The zero-order valence-corrected chi connectivity index (χ0v) is 19.0. The van der Waals surface area contributed by atoms with Crippen LogP contribution in [0.1, 0.15) is 41.3 Å². The second kappa shape index (κ2) is 8.74. The van der Waals surface area contributed by atoms with Crippen LogP contribution in [-0.4, -0.2) is 31.0 Å². The van der Waals surface area contributed by atoms with Crippen LogP contribution in [-0.2, 0) is 22.4 Å². The van der Waals surface area contributed by atoms with E-state index in [0.29, 0.717) is 28.5 Å². The lowest BCUT2D eigenvalue weighted by atomic mass is 9.89. The summed E-state index contributed by atoms with van der Waals surface area (Å²) in [4.78, 5) is 27.9. The average Bonchev–Trinajstić information content (AvgIpc) is 3.49. The van der Waals surface area contributed by atoms with E-state index in [-0.39, 0.29) is 11.3 Å². The lowest BCUT2D eigenvalue weighted by Gasteiger charge is -2.24. The molecule has 1 amide bonds. The number of aliphatic hydroxyl groups is 1. The van der Waals surface area contributed by atoms with Crippen LogP contribution in [0.3, 0.4) is 0 Å². The summed E-state index contributed by atoms with van der Waals surface area (Å²) in [5.41, 5.74) is 3.31. The summed E-state index contributed by atoms with van der Waals surface area (Å²) in [6, 6.07) is 13.1. The summed E-state index contributed by atoms with van der Waals surface area (Å²) in [6.45, 7) is 0. The molecular formula is C27H25NO6. The first kappa shape index (κ1) is 21.8. The molecule has 7 heteroatoms. The summed E-state index contributed by atoms with van der Waals surface area (Å²) < 4.78 is 16.3. The first-order chi connectivity index (χ1) is 16.5. The molecule has 1 fully saturated rings. The molecule has 0 saturated carbocycles. The van der Waals surface area contributed by atoms with Crippen molar-refractivity contribution in [2.75, 3.05) is 19.1 Å². The summed E-state index contributed by atoms with van der Waals surface area (Å²) in [7, 11) is 3.01. The molecule has 2 aliphatic rings. The predicted octanol–water partition coefficient (Wildman–Crippen LogP) is 4.80. The quantitative estimate of drug-likeness (QED) is 0.335. The van der Waals surface area contributed by atoms with Crippen LogP contribution in [0, 0.1) is 0 Å². The highest BCUT2D eigenvalue weighted by Crippen LogP contribution is 2.44. The number of nitrogens with zero attached hydrogens (tertiary/aromatic N) is 1. The first-order valence-electron chi connectivity index (χ1n) is 11.2. The largest absolute Gasteiger partial charge is 0.507 e. The van der Waals surface area contributed by atoms with Crippen LogP contribution in [0.15, 0.2) is 64.8 Å². The number of Topliss-reactive ketones (excluding diaryl/α,β-unsaturated/α-hetero) is 1. The van der Waals surface area contributed by atoms with Crippen LogP contribution in [0.2, 0.25) is 0 Å². The molecule has 2 heterocycles. The molecule has 5 rings (SSSR count). The van der Waals surface area contributed by atoms with Gasteiger partial charge in [0.15, 0.2) is 0 Å². The molecule has 1 unspecified atom stereocenters. The number of aliphatic hydroxyl groups excluding tert-OH is 1. The minimum atomic E-state index is -0.942. The molecule has 0 spiro atoms. The number of carbonyl (C=O) groups is 2. The van der Waals surface area contributed by atoms with Crippen LogP contribution < -0.4 is 14.4 Å². The molecule has 1 aliphatic carbocycles. The van der Waals surface area contributed by atoms with Crippen molar-refractivity contribution in [2.45, 2.75) is 31.7 Å². The van der Waals surface area contributed by atoms with Crippen molar-refractivity contribution in [3.05, 3.63) is 82.8 Å². The van der Waals surface area contributed by atoms with E-state index in [4.69, 9.17) is 13.9 Å². The Balaban J connectivity index is 1.68. The van der Waals surface area contributed by atoms with Gasteiger partial charge in [-0.1, -0.05) is 12.1 Å². The number of methoxy groups -OCH3 is 2. The number of fused-ring (bicyclic) bond motifs is 1. The molecule has 0 radical (unpaired) electrons. The smallest absolute Gasteiger partial charge is 0.300 e. The third-order valence-electron chi connectivity index (χ3n) is 6.49. The van der Waals surface area contributed by atoms with Crippen molar-refractivity contribution >= 4 is 23.1 Å². The molecule has 1 N–H and O–H groups in total. The fourth-order valence-electron chi connectivity index (χ4n) is 4.78. The highest BCUT2D eigenvalue weighted by molar-refractivity contribution is 6.51. The SMILES string of the molecule is COc1cc(OC)cc(N2C(=O)C(=O)/C(=C(\O)c3ccc4c(c3)CCCC4)C2c2ccco2)c1. The van der Waals surface area contributed by atoms with E-state index in [0.717, 1.165) is 31.2 Å². The lowest BCUT2D eigenvalue weighted by molar-refractivity contribution is -0.132. The number of ether oxygens (including phenoxy) is 2. The zero-order valence-electron chi connectivity index (χ0n) is 19.0. The normalized spacial score (nSPS) is 19.2. The summed E-state index contributed by atoms with van der Waals surface area (Å²) in [5, 5.41) is 11.3. The van der Waals surface area contributed by atoms with E-state index in [1.807, 2.05) is 12.1 Å². The molecule has 3 aromatic rings. The van der Waals surface area contributed by atoms with Crippen LogP contribution in [0.4, 0.5) is 5.69 Å².